The molecule has 1 aromatic heterocycles. The normalized spacial score (nSPS) is 12.7. The predicted molar refractivity (Wildman–Crippen MR) is 65.1 cm³/mol. The summed E-state index contributed by atoms with van der Waals surface area (Å²) in [5.41, 5.74) is 7.57. The smallest absolute Gasteiger partial charge is 0.130 e. The second-order valence-electron chi connectivity index (χ2n) is 4.07. The summed E-state index contributed by atoms with van der Waals surface area (Å²) in [6.07, 6.45) is 3.54. The van der Waals surface area contributed by atoms with E-state index in [-0.39, 0.29) is 5.82 Å². The van der Waals surface area contributed by atoms with Gasteiger partial charge >= 0.3 is 0 Å². The Kier molecular flexibility index (Phi) is 3.24. The highest BCUT2D eigenvalue weighted by Crippen LogP contribution is 2.22. The third-order valence-corrected chi connectivity index (χ3v) is 2.85. The van der Waals surface area contributed by atoms with Gasteiger partial charge in [-0.1, -0.05) is 17.7 Å². The zero-order valence-corrected chi connectivity index (χ0v) is 10.0. The van der Waals surface area contributed by atoms with E-state index in [2.05, 4.69) is 4.98 Å². The fraction of sp³-hybridized carbons (Fsp3) is 0.308. The average Bonchev–Trinajstić information content (AvgIpc) is 2.79. The maximum Gasteiger partial charge on any atom is 0.130 e. The van der Waals surface area contributed by atoms with E-state index in [9.17, 15) is 4.39 Å². The molecular weight excluding hydrogens is 217 g/mol. The molecule has 0 bridgehead atoms. The SMILES string of the molecule is CCn1ccnc1C(N)c1cc(C)ccc1F. The molecule has 0 aliphatic rings. The Morgan fingerprint density at radius 3 is 2.94 bits per heavy atom. The minimum absolute atomic E-state index is 0.284. The van der Waals surface area contributed by atoms with Crippen molar-refractivity contribution in [2.75, 3.05) is 0 Å². The van der Waals surface area contributed by atoms with E-state index in [0.717, 1.165) is 12.1 Å². The van der Waals surface area contributed by atoms with Gasteiger partial charge in [0.1, 0.15) is 11.6 Å². The van der Waals surface area contributed by atoms with Crippen LogP contribution in [0, 0.1) is 12.7 Å². The molecule has 17 heavy (non-hydrogen) atoms. The van der Waals surface area contributed by atoms with Crippen LogP contribution in [0.1, 0.15) is 29.9 Å². The molecule has 0 aliphatic heterocycles. The lowest BCUT2D eigenvalue weighted by Gasteiger charge is -2.14. The molecular formula is C13H16FN3. The number of hydrogen-bond donors (Lipinski definition) is 1. The molecule has 2 N–H and O–H groups in total. The Morgan fingerprint density at radius 2 is 2.24 bits per heavy atom. The summed E-state index contributed by atoms with van der Waals surface area (Å²) in [4.78, 5) is 4.21. The van der Waals surface area contributed by atoms with E-state index >= 15 is 0 Å². The number of aryl methyl sites for hydroxylation is 2. The van der Waals surface area contributed by atoms with Crippen LogP contribution in [0.2, 0.25) is 0 Å². The van der Waals surface area contributed by atoms with Crippen molar-refractivity contribution in [3.8, 4) is 0 Å². The van der Waals surface area contributed by atoms with Crippen LogP contribution < -0.4 is 5.73 Å². The summed E-state index contributed by atoms with van der Waals surface area (Å²) in [5.74, 6) is 0.408. The van der Waals surface area contributed by atoms with Crippen LogP contribution >= 0.6 is 0 Å². The van der Waals surface area contributed by atoms with Gasteiger partial charge in [0.25, 0.3) is 0 Å². The standard InChI is InChI=1S/C13H16FN3/c1-3-17-7-6-16-13(17)12(15)10-8-9(2)4-5-11(10)14/h4-8,12H,3,15H2,1-2H3. The molecule has 4 heteroatoms. The lowest BCUT2D eigenvalue weighted by atomic mass is 10.0. The third-order valence-electron chi connectivity index (χ3n) is 2.85. The summed E-state index contributed by atoms with van der Waals surface area (Å²) in [5, 5.41) is 0. The van der Waals surface area contributed by atoms with Crippen molar-refractivity contribution in [3.63, 3.8) is 0 Å². The summed E-state index contributed by atoms with van der Waals surface area (Å²) < 4.78 is 15.7. The number of hydrogen-bond acceptors (Lipinski definition) is 2. The van der Waals surface area contributed by atoms with Crippen molar-refractivity contribution < 1.29 is 4.39 Å². The Labute approximate surface area is 100 Å². The highest BCUT2D eigenvalue weighted by Gasteiger charge is 2.17. The van der Waals surface area contributed by atoms with E-state index in [4.69, 9.17) is 5.73 Å². The van der Waals surface area contributed by atoms with Crippen molar-refractivity contribution in [2.45, 2.75) is 26.4 Å². The summed E-state index contributed by atoms with van der Waals surface area (Å²) >= 11 is 0. The van der Waals surface area contributed by atoms with Gasteiger partial charge in [-0.05, 0) is 19.9 Å². The maximum atomic E-state index is 13.7. The summed E-state index contributed by atoms with van der Waals surface area (Å²) in [7, 11) is 0. The molecule has 0 spiro atoms. The molecule has 90 valence electrons. The second kappa shape index (κ2) is 4.67. The predicted octanol–water partition coefficient (Wildman–Crippen LogP) is 2.40. The van der Waals surface area contributed by atoms with Gasteiger partial charge in [0.15, 0.2) is 0 Å². The van der Waals surface area contributed by atoms with Gasteiger partial charge in [0.2, 0.25) is 0 Å². The van der Waals surface area contributed by atoms with Crippen molar-refractivity contribution in [3.05, 3.63) is 53.4 Å². The zero-order valence-electron chi connectivity index (χ0n) is 10.0. The second-order valence-corrected chi connectivity index (χ2v) is 4.07. The van der Waals surface area contributed by atoms with Gasteiger partial charge in [0.05, 0.1) is 6.04 Å². The molecule has 0 amide bonds. The van der Waals surface area contributed by atoms with Gasteiger partial charge in [-0.25, -0.2) is 9.37 Å². The lowest BCUT2D eigenvalue weighted by molar-refractivity contribution is 0.580. The van der Waals surface area contributed by atoms with Crippen LogP contribution in [0.3, 0.4) is 0 Å². The Morgan fingerprint density at radius 1 is 1.47 bits per heavy atom. The summed E-state index contributed by atoms with van der Waals surface area (Å²) in [6.45, 7) is 4.70. The molecule has 1 atom stereocenters. The van der Waals surface area contributed by atoms with Crippen molar-refractivity contribution in [2.24, 2.45) is 5.73 Å². The molecule has 2 rings (SSSR count). The first-order valence-electron chi connectivity index (χ1n) is 5.66. The fourth-order valence-corrected chi connectivity index (χ4v) is 1.91. The highest BCUT2D eigenvalue weighted by molar-refractivity contribution is 5.30. The molecule has 0 radical (unpaired) electrons. The van der Waals surface area contributed by atoms with Gasteiger partial charge < -0.3 is 10.3 Å². The fourth-order valence-electron chi connectivity index (χ4n) is 1.91. The van der Waals surface area contributed by atoms with Crippen molar-refractivity contribution >= 4 is 0 Å². The highest BCUT2D eigenvalue weighted by atomic mass is 19.1. The first-order valence-corrected chi connectivity index (χ1v) is 5.66. The first-order chi connectivity index (χ1) is 8.13. The maximum absolute atomic E-state index is 13.7. The number of halogens is 1. The number of rotatable bonds is 3. The van der Waals surface area contributed by atoms with Gasteiger partial charge in [-0.15, -0.1) is 0 Å². The monoisotopic (exact) mass is 233 g/mol. The van der Waals surface area contributed by atoms with E-state index in [1.165, 1.54) is 6.07 Å². The van der Waals surface area contributed by atoms with Crippen LogP contribution in [0.5, 0.6) is 0 Å². The molecule has 1 aromatic carbocycles. The van der Waals surface area contributed by atoms with Crippen LogP contribution in [0.15, 0.2) is 30.6 Å². The van der Waals surface area contributed by atoms with Crippen molar-refractivity contribution in [1.82, 2.24) is 9.55 Å². The van der Waals surface area contributed by atoms with Crippen LogP contribution in [-0.2, 0) is 6.54 Å². The molecule has 0 saturated carbocycles. The Balaban J connectivity index is 2.43. The van der Waals surface area contributed by atoms with Crippen molar-refractivity contribution in [1.29, 1.82) is 0 Å². The van der Waals surface area contributed by atoms with Crippen LogP contribution in [-0.4, -0.2) is 9.55 Å². The average molecular weight is 233 g/mol. The van der Waals surface area contributed by atoms with Crippen LogP contribution in [0.25, 0.3) is 0 Å². The third kappa shape index (κ3) is 2.22. The Hall–Kier alpha value is -1.68. The number of aromatic nitrogens is 2. The molecule has 2 aromatic rings. The van der Waals surface area contributed by atoms with E-state index in [0.29, 0.717) is 11.4 Å². The van der Waals surface area contributed by atoms with E-state index in [1.54, 1.807) is 18.3 Å². The zero-order chi connectivity index (χ0) is 12.4. The molecule has 1 heterocycles. The molecule has 0 saturated heterocycles. The van der Waals surface area contributed by atoms with Crippen LogP contribution in [0.4, 0.5) is 4.39 Å². The van der Waals surface area contributed by atoms with Gasteiger partial charge in [-0.3, -0.25) is 0 Å². The number of nitrogens with zero attached hydrogens (tertiary/aromatic N) is 2. The lowest BCUT2D eigenvalue weighted by Crippen LogP contribution is -2.19. The minimum atomic E-state index is -0.523. The van der Waals surface area contributed by atoms with Gasteiger partial charge in [-0.2, -0.15) is 0 Å². The molecule has 3 nitrogen and oxygen atoms in total. The topological polar surface area (TPSA) is 43.8 Å². The molecule has 0 fully saturated rings. The quantitative estimate of drug-likeness (QED) is 0.884. The Bertz CT molecular complexity index is 519. The first kappa shape index (κ1) is 11.8. The number of imidazole rings is 1. The molecule has 0 aliphatic carbocycles. The largest absolute Gasteiger partial charge is 0.334 e. The van der Waals surface area contributed by atoms with E-state index < -0.39 is 6.04 Å². The summed E-state index contributed by atoms with van der Waals surface area (Å²) in [6, 6.07) is 4.43. The molecule has 1 unspecified atom stereocenters. The number of benzene rings is 1. The van der Waals surface area contributed by atoms with Gasteiger partial charge in [0, 0.05) is 24.5 Å². The number of nitrogens with two attached hydrogens (primary N) is 1. The minimum Gasteiger partial charge on any atom is -0.334 e. The van der Waals surface area contributed by atoms with E-state index in [1.807, 2.05) is 24.6 Å².